The normalized spacial score (nSPS) is 14.7. The third-order valence-electron chi connectivity index (χ3n) is 7.25. The van der Waals surface area contributed by atoms with Crippen molar-refractivity contribution in [3.05, 3.63) is 54.1 Å². The molecule has 0 saturated heterocycles. The summed E-state index contributed by atoms with van der Waals surface area (Å²) >= 11 is 0. The molecule has 11 heteroatoms. The predicted octanol–water partition coefficient (Wildman–Crippen LogP) is 7.07. The van der Waals surface area contributed by atoms with Crippen molar-refractivity contribution >= 4 is 39.1 Å². The molecule has 44 heavy (non-hydrogen) atoms. The van der Waals surface area contributed by atoms with E-state index in [1.54, 1.807) is 77.9 Å². The molecule has 0 spiro atoms. The van der Waals surface area contributed by atoms with Crippen molar-refractivity contribution in [2.45, 2.75) is 102 Å². The standard InChI is InChI=1S/C33H42N2O8S/c1-32(2,3)42-30(37)34-27-19-12-11-18-25(27)26(21-28(36)41-7)29(34)22-14-13-17-24(20-22)44(39,40)35(23-15-9-8-10-16-23)31(38)43-33(4,5)6/h11-14,17-20,23H,8-10,15-16,21H2,1-7H3. The van der Waals surface area contributed by atoms with E-state index in [9.17, 15) is 22.8 Å². The van der Waals surface area contributed by atoms with Crippen molar-refractivity contribution in [3.63, 3.8) is 0 Å². The van der Waals surface area contributed by atoms with Gasteiger partial charge in [0.2, 0.25) is 0 Å². The van der Waals surface area contributed by atoms with Gasteiger partial charge in [-0.2, -0.15) is 4.31 Å². The highest BCUT2D eigenvalue weighted by molar-refractivity contribution is 7.89. The van der Waals surface area contributed by atoms with Gasteiger partial charge in [-0.3, -0.25) is 4.79 Å². The van der Waals surface area contributed by atoms with E-state index in [0.717, 1.165) is 23.6 Å². The summed E-state index contributed by atoms with van der Waals surface area (Å²) in [4.78, 5) is 39.6. The monoisotopic (exact) mass is 626 g/mol. The molecule has 0 N–H and O–H groups in total. The number of ether oxygens (including phenoxy) is 3. The van der Waals surface area contributed by atoms with Crippen LogP contribution < -0.4 is 0 Å². The molecule has 3 aromatic rings. The van der Waals surface area contributed by atoms with Gasteiger partial charge in [0.1, 0.15) is 11.2 Å². The van der Waals surface area contributed by atoms with Crippen LogP contribution in [0.5, 0.6) is 0 Å². The van der Waals surface area contributed by atoms with Crippen molar-refractivity contribution < 1.29 is 37.0 Å². The Morgan fingerprint density at radius 3 is 2.14 bits per heavy atom. The van der Waals surface area contributed by atoms with E-state index in [1.807, 2.05) is 0 Å². The van der Waals surface area contributed by atoms with Gasteiger partial charge in [0.05, 0.1) is 35.7 Å². The third kappa shape index (κ3) is 7.26. The lowest BCUT2D eigenvalue weighted by atomic mass is 9.96. The molecule has 1 heterocycles. The second-order valence-electron chi connectivity index (χ2n) is 13.0. The van der Waals surface area contributed by atoms with Crippen molar-refractivity contribution in [3.8, 4) is 11.3 Å². The Labute approximate surface area is 259 Å². The number of rotatable bonds is 6. The lowest BCUT2D eigenvalue weighted by Crippen LogP contribution is -2.47. The average molecular weight is 627 g/mol. The summed E-state index contributed by atoms with van der Waals surface area (Å²) in [7, 11) is -3.12. The molecule has 238 valence electrons. The molecule has 1 aliphatic rings. The van der Waals surface area contributed by atoms with Gasteiger partial charge < -0.3 is 14.2 Å². The molecule has 0 radical (unpaired) electrons. The van der Waals surface area contributed by atoms with Gasteiger partial charge >= 0.3 is 18.2 Å². The van der Waals surface area contributed by atoms with Crippen LogP contribution in [-0.2, 0) is 35.4 Å². The first-order chi connectivity index (χ1) is 20.5. The molecule has 0 unspecified atom stereocenters. The number of amides is 1. The molecule has 4 rings (SSSR count). The van der Waals surface area contributed by atoms with E-state index in [4.69, 9.17) is 14.2 Å². The number of aromatic nitrogens is 1. The van der Waals surface area contributed by atoms with Crippen LogP contribution in [0.1, 0.15) is 79.2 Å². The number of methoxy groups -OCH3 is 1. The molecule has 2 aromatic carbocycles. The minimum atomic E-state index is -4.39. The molecule has 0 aliphatic heterocycles. The second-order valence-corrected chi connectivity index (χ2v) is 14.8. The highest BCUT2D eigenvalue weighted by atomic mass is 32.2. The molecule has 1 aliphatic carbocycles. The number of hydrogen-bond acceptors (Lipinski definition) is 8. The number of para-hydroxylation sites is 1. The molecule has 0 atom stereocenters. The first-order valence-corrected chi connectivity index (χ1v) is 16.3. The lowest BCUT2D eigenvalue weighted by Gasteiger charge is -2.34. The number of nitrogens with zero attached hydrogens (tertiary/aromatic N) is 2. The molecule has 1 fully saturated rings. The van der Waals surface area contributed by atoms with Crippen LogP contribution in [0.3, 0.4) is 0 Å². The van der Waals surface area contributed by atoms with Gasteiger partial charge in [0.15, 0.2) is 0 Å². The molecule has 1 amide bonds. The average Bonchev–Trinajstić information content (AvgIpc) is 3.26. The number of esters is 1. The van der Waals surface area contributed by atoms with Crippen molar-refractivity contribution in [1.29, 1.82) is 0 Å². The van der Waals surface area contributed by atoms with Crippen molar-refractivity contribution in [1.82, 2.24) is 8.87 Å². The Kier molecular flexibility index (Phi) is 9.48. The van der Waals surface area contributed by atoms with Gasteiger partial charge in [-0.15, -0.1) is 0 Å². The SMILES string of the molecule is COC(=O)Cc1c(-c2cccc(S(=O)(=O)N(C(=O)OC(C)(C)C)C3CCCCC3)c2)n(C(=O)OC(C)(C)C)c2ccccc12. The van der Waals surface area contributed by atoms with Crippen LogP contribution in [0, 0.1) is 0 Å². The Morgan fingerprint density at radius 2 is 1.52 bits per heavy atom. The summed E-state index contributed by atoms with van der Waals surface area (Å²) in [5.41, 5.74) is -0.130. The molecule has 1 saturated carbocycles. The highest BCUT2D eigenvalue weighted by Gasteiger charge is 2.39. The summed E-state index contributed by atoms with van der Waals surface area (Å²) < 4.78 is 47.1. The van der Waals surface area contributed by atoms with E-state index < -0.39 is 45.4 Å². The van der Waals surface area contributed by atoms with Gasteiger partial charge in [0.25, 0.3) is 10.0 Å². The maximum absolute atomic E-state index is 14.3. The van der Waals surface area contributed by atoms with Crippen LogP contribution in [-0.4, -0.2) is 59.8 Å². The Morgan fingerprint density at radius 1 is 0.886 bits per heavy atom. The predicted molar refractivity (Wildman–Crippen MR) is 167 cm³/mol. The maximum Gasteiger partial charge on any atom is 0.424 e. The number of hydrogen-bond donors (Lipinski definition) is 0. The summed E-state index contributed by atoms with van der Waals surface area (Å²) in [5.74, 6) is -0.532. The first kappa shape index (κ1) is 33.0. The quantitative estimate of drug-likeness (QED) is 0.211. The van der Waals surface area contributed by atoms with E-state index in [2.05, 4.69) is 0 Å². The van der Waals surface area contributed by atoms with Gasteiger partial charge in [-0.1, -0.05) is 49.6 Å². The van der Waals surface area contributed by atoms with Gasteiger partial charge in [-0.05, 0) is 78.1 Å². The molecule has 1 aromatic heterocycles. The largest absolute Gasteiger partial charge is 0.469 e. The fourth-order valence-electron chi connectivity index (χ4n) is 5.49. The topological polar surface area (TPSA) is 121 Å². The van der Waals surface area contributed by atoms with E-state index >= 15 is 0 Å². The Balaban J connectivity index is 1.94. The van der Waals surface area contributed by atoms with Gasteiger partial charge in [0, 0.05) is 10.9 Å². The van der Waals surface area contributed by atoms with Crippen molar-refractivity contribution in [2.24, 2.45) is 0 Å². The molecule has 10 nitrogen and oxygen atoms in total. The zero-order chi connectivity index (χ0) is 32.4. The van der Waals surface area contributed by atoms with Crippen LogP contribution in [0.4, 0.5) is 9.59 Å². The van der Waals surface area contributed by atoms with Crippen molar-refractivity contribution in [2.75, 3.05) is 7.11 Å². The number of sulfonamides is 1. The zero-order valence-electron chi connectivity index (χ0n) is 26.5. The minimum absolute atomic E-state index is 0.142. The number of carbonyl (C=O) groups is 3. The molecular formula is C33H42N2O8S. The fourth-order valence-corrected chi connectivity index (χ4v) is 7.08. The molecular weight excluding hydrogens is 584 g/mol. The summed E-state index contributed by atoms with van der Waals surface area (Å²) in [6, 6.07) is 12.6. The zero-order valence-corrected chi connectivity index (χ0v) is 27.3. The van der Waals surface area contributed by atoms with Gasteiger partial charge in [-0.25, -0.2) is 22.6 Å². The summed E-state index contributed by atoms with van der Waals surface area (Å²) in [6.45, 7) is 10.3. The second kappa shape index (κ2) is 12.6. The summed E-state index contributed by atoms with van der Waals surface area (Å²) in [5, 5.41) is 0.615. The van der Waals surface area contributed by atoms with E-state index in [0.29, 0.717) is 40.6 Å². The first-order valence-electron chi connectivity index (χ1n) is 14.8. The number of benzene rings is 2. The smallest absolute Gasteiger partial charge is 0.424 e. The van der Waals surface area contributed by atoms with Crippen LogP contribution in [0.25, 0.3) is 22.2 Å². The highest BCUT2D eigenvalue weighted by Crippen LogP contribution is 2.37. The van der Waals surface area contributed by atoms with Crippen LogP contribution >= 0.6 is 0 Å². The molecule has 0 bridgehead atoms. The number of fused-ring (bicyclic) bond motifs is 1. The fraction of sp³-hybridized carbons (Fsp3) is 0.485. The minimum Gasteiger partial charge on any atom is -0.469 e. The van der Waals surface area contributed by atoms with Crippen LogP contribution in [0.15, 0.2) is 53.4 Å². The van der Waals surface area contributed by atoms with E-state index in [-0.39, 0.29) is 11.3 Å². The Bertz CT molecular complexity index is 1650. The maximum atomic E-state index is 14.3. The Hall–Kier alpha value is -3.86. The van der Waals surface area contributed by atoms with Crippen LogP contribution in [0.2, 0.25) is 0 Å². The summed E-state index contributed by atoms with van der Waals surface area (Å²) in [6.07, 6.45) is 1.84. The van der Waals surface area contributed by atoms with E-state index in [1.165, 1.54) is 23.8 Å². The lowest BCUT2D eigenvalue weighted by molar-refractivity contribution is -0.139. The number of carbonyl (C=O) groups excluding carboxylic acids is 3. The third-order valence-corrected chi connectivity index (χ3v) is 9.06.